The molecule has 2 N–H and O–H groups in total. The summed E-state index contributed by atoms with van der Waals surface area (Å²) in [6.45, 7) is 2.59. The van der Waals surface area contributed by atoms with Gasteiger partial charge in [0.05, 0.1) is 5.67 Å². The van der Waals surface area contributed by atoms with Crippen molar-refractivity contribution in [1.29, 1.82) is 5.41 Å². The molecule has 1 amide bonds. The van der Waals surface area contributed by atoms with Crippen LogP contribution in [0.1, 0.15) is 21.6 Å². The van der Waals surface area contributed by atoms with Crippen LogP contribution in [-0.4, -0.2) is 28.5 Å². The van der Waals surface area contributed by atoms with Crippen molar-refractivity contribution < 1.29 is 4.79 Å². The summed E-state index contributed by atoms with van der Waals surface area (Å²) >= 11 is 4.54. The molecule has 2 rings (SSSR count). The molecule has 0 spiro atoms. The number of aromatic nitrogens is 1. The molecule has 0 bridgehead atoms. The standard InChI is InChI=1S/C14H16N2O.CH2ClN/c1-11-8-13(15-9-11)14(17)16(2)10-12-6-4-3-5-7-12;2-1-3/h3-9,15H,10H2,1-2H3;1,3H. The van der Waals surface area contributed by atoms with Gasteiger partial charge in [-0.05, 0) is 24.1 Å². The fraction of sp³-hybridized carbons (Fsp3) is 0.200. The van der Waals surface area contributed by atoms with Crippen molar-refractivity contribution in [2.24, 2.45) is 0 Å². The normalized spacial score (nSPS) is 9.35. The predicted molar refractivity (Wildman–Crippen MR) is 82.4 cm³/mol. The molecule has 0 aliphatic heterocycles. The van der Waals surface area contributed by atoms with Crippen LogP contribution in [0.15, 0.2) is 42.6 Å². The van der Waals surface area contributed by atoms with Gasteiger partial charge in [-0.3, -0.25) is 10.2 Å². The monoisotopic (exact) mass is 291 g/mol. The zero-order valence-corrected chi connectivity index (χ0v) is 12.3. The highest BCUT2D eigenvalue weighted by Crippen LogP contribution is 2.08. The first-order chi connectivity index (χ1) is 9.58. The van der Waals surface area contributed by atoms with Gasteiger partial charge in [-0.1, -0.05) is 41.9 Å². The first-order valence-electron chi connectivity index (χ1n) is 6.12. The smallest absolute Gasteiger partial charge is 0.270 e. The van der Waals surface area contributed by atoms with E-state index >= 15 is 0 Å². The minimum atomic E-state index is 0.0157. The second-order valence-electron chi connectivity index (χ2n) is 4.35. The number of halogens is 1. The van der Waals surface area contributed by atoms with E-state index in [0.717, 1.165) is 16.8 Å². The molecule has 1 aromatic heterocycles. The fourth-order valence-electron chi connectivity index (χ4n) is 1.76. The Bertz CT molecular complexity index is 551. The highest BCUT2D eigenvalue weighted by Gasteiger charge is 2.12. The Morgan fingerprint density at radius 1 is 1.40 bits per heavy atom. The third-order valence-electron chi connectivity index (χ3n) is 2.67. The maximum Gasteiger partial charge on any atom is 0.270 e. The Balaban J connectivity index is 0.000000612. The lowest BCUT2D eigenvalue weighted by Crippen LogP contribution is -2.26. The van der Waals surface area contributed by atoms with Gasteiger partial charge in [0.25, 0.3) is 5.91 Å². The highest BCUT2D eigenvalue weighted by atomic mass is 35.5. The Hall–Kier alpha value is -2.07. The third-order valence-corrected chi connectivity index (χ3v) is 2.67. The van der Waals surface area contributed by atoms with Crippen molar-refractivity contribution in [2.75, 3.05) is 7.05 Å². The molecule has 0 unspecified atom stereocenters. The maximum absolute atomic E-state index is 12.1. The molecule has 2 aromatic rings. The summed E-state index contributed by atoms with van der Waals surface area (Å²) in [5, 5.41) is 5.85. The fourth-order valence-corrected chi connectivity index (χ4v) is 1.76. The molecule has 1 heterocycles. The Labute approximate surface area is 123 Å². The summed E-state index contributed by atoms with van der Waals surface area (Å²) in [5.74, 6) is 0.0157. The summed E-state index contributed by atoms with van der Waals surface area (Å²) in [7, 11) is 1.81. The first-order valence-corrected chi connectivity index (χ1v) is 6.55. The van der Waals surface area contributed by atoms with Crippen LogP contribution < -0.4 is 0 Å². The van der Waals surface area contributed by atoms with Crippen LogP contribution in [0, 0.1) is 12.3 Å². The van der Waals surface area contributed by atoms with Crippen molar-refractivity contribution in [3.05, 3.63) is 59.4 Å². The van der Waals surface area contributed by atoms with Crippen molar-refractivity contribution in [1.82, 2.24) is 9.88 Å². The van der Waals surface area contributed by atoms with Gasteiger partial charge in [-0.25, -0.2) is 0 Å². The van der Waals surface area contributed by atoms with Crippen LogP contribution in [0.5, 0.6) is 0 Å². The van der Waals surface area contributed by atoms with Gasteiger partial charge in [0.1, 0.15) is 5.69 Å². The van der Waals surface area contributed by atoms with E-state index < -0.39 is 0 Å². The molecule has 0 radical (unpaired) electrons. The van der Waals surface area contributed by atoms with Gasteiger partial charge >= 0.3 is 0 Å². The van der Waals surface area contributed by atoms with Crippen LogP contribution in [0.3, 0.4) is 0 Å². The number of hydrogen-bond acceptors (Lipinski definition) is 2. The van der Waals surface area contributed by atoms with Gasteiger partial charge in [0, 0.05) is 19.8 Å². The Morgan fingerprint density at radius 3 is 2.50 bits per heavy atom. The zero-order valence-electron chi connectivity index (χ0n) is 11.6. The number of nitrogens with zero attached hydrogens (tertiary/aromatic N) is 1. The minimum absolute atomic E-state index is 0.0157. The minimum Gasteiger partial charge on any atom is -0.357 e. The SMILES string of the molecule is Cc1c[nH]c(C(=O)N(C)Cc2ccccc2)c1.N=CCl. The van der Waals surface area contributed by atoms with Crippen LogP contribution in [-0.2, 0) is 6.54 Å². The molecule has 0 saturated heterocycles. The largest absolute Gasteiger partial charge is 0.357 e. The summed E-state index contributed by atoms with van der Waals surface area (Å²) in [5.41, 5.74) is 3.56. The number of aromatic amines is 1. The molecule has 20 heavy (non-hydrogen) atoms. The second kappa shape index (κ2) is 8.17. The maximum atomic E-state index is 12.1. The quantitative estimate of drug-likeness (QED) is 0.836. The number of nitrogens with one attached hydrogen (secondary N) is 2. The van der Waals surface area contributed by atoms with Crippen LogP contribution in [0.25, 0.3) is 0 Å². The van der Waals surface area contributed by atoms with E-state index in [9.17, 15) is 4.79 Å². The van der Waals surface area contributed by atoms with Crippen LogP contribution in [0.2, 0.25) is 0 Å². The number of amides is 1. The lowest BCUT2D eigenvalue weighted by Gasteiger charge is -2.16. The van der Waals surface area contributed by atoms with E-state index in [2.05, 4.69) is 16.6 Å². The van der Waals surface area contributed by atoms with Crippen LogP contribution >= 0.6 is 11.6 Å². The lowest BCUT2D eigenvalue weighted by molar-refractivity contribution is 0.0780. The van der Waals surface area contributed by atoms with Gasteiger partial charge in [0.2, 0.25) is 0 Å². The predicted octanol–water partition coefficient (Wildman–Crippen LogP) is 3.43. The zero-order chi connectivity index (χ0) is 15.0. The molecule has 4 nitrogen and oxygen atoms in total. The third kappa shape index (κ3) is 4.90. The van der Waals surface area contributed by atoms with Gasteiger partial charge in [-0.15, -0.1) is 0 Å². The van der Waals surface area contributed by atoms with Gasteiger partial charge in [-0.2, -0.15) is 0 Å². The molecule has 0 fully saturated rings. The van der Waals surface area contributed by atoms with E-state index in [1.807, 2.05) is 56.6 Å². The number of carbonyl (C=O) groups is 1. The number of carbonyl (C=O) groups excluding carboxylic acids is 1. The molecule has 0 saturated carbocycles. The molecule has 0 aliphatic carbocycles. The number of H-pyrrole nitrogens is 1. The van der Waals surface area contributed by atoms with Crippen molar-refractivity contribution in [3.63, 3.8) is 0 Å². The second-order valence-corrected chi connectivity index (χ2v) is 4.56. The average molecular weight is 292 g/mol. The molecular formula is C15H18ClN3O. The summed E-state index contributed by atoms with van der Waals surface area (Å²) in [6, 6.07) is 11.8. The topological polar surface area (TPSA) is 60.0 Å². The lowest BCUT2D eigenvalue weighted by atomic mass is 10.2. The number of benzene rings is 1. The molecule has 1 aromatic carbocycles. The van der Waals surface area contributed by atoms with Crippen molar-refractivity contribution in [2.45, 2.75) is 13.5 Å². The van der Waals surface area contributed by atoms with E-state index in [1.165, 1.54) is 0 Å². The van der Waals surface area contributed by atoms with E-state index in [0.29, 0.717) is 12.2 Å². The first kappa shape index (κ1) is 16.0. The van der Waals surface area contributed by atoms with Gasteiger partial charge < -0.3 is 9.88 Å². The summed E-state index contributed by atoms with van der Waals surface area (Å²) < 4.78 is 0. The molecule has 0 aliphatic rings. The molecule has 106 valence electrons. The van der Waals surface area contributed by atoms with E-state index in [4.69, 9.17) is 5.41 Å². The molecular weight excluding hydrogens is 274 g/mol. The molecule has 5 heteroatoms. The number of hydrogen-bond donors (Lipinski definition) is 2. The van der Waals surface area contributed by atoms with E-state index in [-0.39, 0.29) is 5.91 Å². The number of rotatable bonds is 3. The van der Waals surface area contributed by atoms with E-state index in [1.54, 1.807) is 4.90 Å². The Kier molecular flexibility index (Phi) is 6.53. The average Bonchev–Trinajstić information content (AvgIpc) is 2.86. The van der Waals surface area contributed by atoms with Crippen molar-refractivity contribution >= 4 is 23.2 Å². The highest BCUT2D eigenvalue weighted by molar-refractivity contribution is 6.55. The number of aryl methyl sites for hydroxylation is 1. The van der Waals surface area contributed by atoms with Crippen LogP contribution in [0.4, 0.5) is 0 Å². The summed E-state index contributed by atoms with van der Waals surface area (Å²) in [6.07, 6.45) is 1.84. The summed E-state index contributed by atoms with van der Waals surface area (Å²) in [4.78, 5) is 16.7. The molecule has 0 atom stereocenters. The van der Waals surface area contributed by atoms with Gasteiger partial charge in [0.15, 0.2) is 0 Å². The van der Waals surface area contributed by atoms with Crippen molar-refractivity contribution in [3.8, 4) is 0 Å². The Morgan fingerprint density at radius 2 is 2.00 bits per heavy atom.